The zero-order valence-electron chi connectivity index (χ0n) is 14.9. The average molecular weight is 306 g/mol. The molecule has 0 saturated heterocycles. The Balaban J connectivity index is 2.28. The minimum absolute atomic E-state index is 0.0910. The van der Waals surface area contributed by atoms with Gasteiger partial charge in [-0.3, -0.25) is 0 Å². The van der Waals surface area contributed by atoms with Crippen LogP contribution in [-0.4, -0.2) is 21.9 Å². The number of aliphatic hydroxyl groups is 2. The standard InChI is InChI=1S/C20H34O2/c1-7-19(5,22)12-9-15-14(2)13-16(21)17-18(3,4)10-8-11-20(15,17)6/h7,15-17,21-22H,1-2,8-13H2,3-6H3/t15-,16+,17-,19-,20-/m1/s1. The Morgan fingerprint density at radius 2 is 1.95 bits per heavy atom. The van der Waals surface area contributed by atoms with E-state index in [4.69, 9.17) is 0 Å². The second-order valence-corrected chi connectivity index (χ2v) is 8.91. The maximum atomic E-state index is 10.7. The Labute approximate surface area is 136 Å². The molecule has 2 N–H and O–H groups in total. The second kappa shape index (κ2) is 5.79. The molecule has 0 aromatic carbocycles. The predicted octanol–water partition coefficient (Wildman–Crippen LogP) is 4.47. The van der Waals surface area contributed by atoms with E-state index in [1.807, 2.05) is 6.92 Å². The molecule has 0 bridgehead atoms. The fourth-order valence-electron chi connectivity index (χ4n) is 5.55. The molecule has 0 spiro atoms. The van der Waals surface area contributed by atoms with Crippen LogP contribution in [-0.2, 0) is 0 Å². The fourth-order valence-corrected chi connectivity index (χ4v) is 5.55. The van der Waals surface area contributed by atoms with Crippen molar-refractivity contribution in [1.29, 1.82) is 0 Å². The summed E-state index contributed by atoms with van der Waals surface area (Å²) >= 11 is 0. The molecule has 22 heavy (non-hydrogen) atoms. The van der Waals surface area contributed by atoms with Crippen molar-refractivity contribution in [2.24, 2.45) is 22.7 Å². The van der Waals surface area contributed by atoms with Crippen molar-refractivity contribution < 1.29 is 10.2 Å². The molecule has 0 aromatic rings. The Morgan fingerprint density at radius 3 is 2.55 bits per heavy atom. The summed E-state index contributed by atoms with van der Waals surface area (Å²) in [4.78, 5) is 0. The first-order chi connectivity index (χ1) is 10.0. The van der Waals surface area contributed by atoms with Gasteiger partial charge in [-0.2, -0.15) is 0 Å². The first-order valence-corrected chi connectivity index (χ1v) is 8.75. The normalized spacial score (nSPS) is 40.6. The third-order valence-electron chi connectivity index (χ3n) is 6.61. The van der Waals surface area contributed by atoms with Crippen LogP contribution in [0.2, 0.25) is 0 Å². The van der Waals surface area contributed by atoms with Gasteiger partial charge in [-0.1, -0.05) is 45.4 Å². The molecule has 5 atom stereocenters. The van der Waals surface area contributed by atoms with Gasteiger partial charge in [0.25, 0.3) is 0 Å². The highest BCUT2D eigenvalue weighted by atomic mass is 16.3. The molecule has 126 valence electrons. The van der Waals surface area contributed by atoms with Crippen LogP contribution in [0.3, 0.4) is 0 Å². The lowest BCUT2D eigenvalue weighted by molar-refractivity contribution is -0.123. The third-order valence-corrected chi connectivity index (χ3v) is 6.61. The Bertz CT molecular complexity index is 449. The van der Waals surface area contributed by atoms with E-state index < -0.39 is 5.60 Å². The molecule has 2 fully saturated rings. The van der Waals surface area contributed by atoms with Crippen LogP contribution >= 0.6 is 0 Å². The van der Waals surface area contributed by atoms with Gasteiger partial charge in [0.2, 0.25) is 0 Å². The molecule has 0 radical (unpaired) electrons. The van der Waals surface area contributed by atoms with E-state index in [0.29, 0.717) is 24.7 Å². The molecule has 2 rings (SSSR count). The van der Waals surface area contributed by atoms with Crippen molar-refractivity contribution in [3.63, 3.8) is 0 Å². The Kier molecular flexibility index (Phi) is 4.68. The zero-order valence-corrected chi connectivity index (χ0v) is 14.9. The van der Waals surface area contributed by atoms with Crippen LogP contribution < -0.4 is 0 Å². The van der Waals surface area contributed by atoms with Crippen molar-refractivity contribution in [3.05, 3.63) is 24.8 Å². The van der Waals surface area contributed by atoms with E-state index in [0.717, 1.165) is 12.8 Å². The lowest BCUT2D eigenvalue weighted by Crippen LogP contribution is -2.55. The molecular weight excluding hydrogens is 272 g/mol. The minimum atomic E-state index is -0.813. The van der Waals surface area contributed by atoms with Crippen LogP contribution in [0.5, 0.6) is 0 Å². The van der Waals surface area contributed by atoms with Gasteiger partial charge in [0.1, 0.15) is 0 Å². The average Bonchev–Trinajstić information content (AvgIpc) is 2.36. The number of hydrogen-bond acceptors (Lipinski definition) is 2. The predicted molar refractivity (Wildman–Crippen MR) is 92.5 cm³/mol. The number of rotatable bonds is 4. The zero-order chi connectivity index (χ0) is 16.8. The first-order valence-electron chi connectivity index (χ1n) is 8.75. The maximum Gasteiger partial charge on any atom is 0.0797 e. The summed E-state index contributed by atoms with van der Waals surface area (Å²) < 4.78 is 0. The van der Waals surface area contributed by atoms with E-state index in [9.17, 15) is 10.2 Å². The van der Waals surface area contributed by atoms with Gasteiger partial charge in [0, 0.05) is 0 Å². The summed E-state index contributed by atoms with van der Waals surface area (Å²) in [5.74, 6) is 0.699. The molecule has 2 heteroatoms. The highest BCUT2D eigenvalue weighted by molar-refractivity contribution is 5.18. The Hall–Kier alpha value is -0.600. The quantitative estimate of drug-likeness (QED) is 0.752. The summed E-state index contributed by atoms with van der Waals surface area (Å²) in [6.07, 6.45) is 7.26. The topological polar surface area (TPSA) is 40.5 Å². The van der Waals surface area contributed by atoms with E-state index in [-0.39, 0.29) is 16.9 Å². The van der Waals surface area contributed by atoms with Crippen LogP contribution in [0, 0.1) is 22.7 Å². The lowest BCUT2D eigenvalue weighted by Gasteiger charge is -2.59. The summed E-state index contributed by atoms with van der Waals surface area (Å²) in [6.45, 7) is 16.8. The van der Waals surface area contributed by atoms with Crippen molar-refractivity contribution in [1.82, 2.24) is 0 Å². The SMILES string of the molecule is C=C[C@@](C)(O)CC[C@@H]1C(=C)C[C@H](O)[C@@H]2C(C)(C)CCC[C@]12C. The van der Waals surface area contributed by atoms with Gasteiger partial charge in [0.15, 0.2) is 0 Å². The van der Waals surface area contributed by atoms with Crippen molar-refractivity contribution in [2.75, 3.05) is 0 Å². The van der Waals surface area contributed by atoms with E-state index in [2.05, 4.69) is 33.9 Å². The summed E-state index contributed by atoms with van der Waals surface area (Å²) in [5, 5.41) is 21.0. The van der Waals surface area contributed by atoms with Crippen LogP contribution in [0.25, 0.3) is 0 Å². The van der Waals surface area contributed by atoms with Gasteiger partial charge in [-0.15, -0.1) is 6.58 Å². The molecular formula is C20H34O2. The molecule has 2 nitrogen and oxygen atoms in total. The minimum Gasteiger partial charge on any atom is -0.392 e. The van der Waals surface area contributed by atoms with Crippen LogP contribution in [0.15, 0.2) is 24.8 Å². The summed E-state index contributed by atoms with van der Waals surface area (Å²) in [6, 6.07) is 0. The molecule has 0 aromatic heterocycles. The number of hydrogen-bond donors (Lipinski definition) is 2. The van der Waals surface area contributed by atoms with E-state index in [1.54, 1.807) is 6.08 Å². The first kappa shape index (κ1) is 17.7. The smallest absolute Gasteiger partial charge is 0.0797 e. The second-order valence-electron chi connectivity index (χ2n) is 8.91. The van der Waals surface area contributed by atoms with E-state index >= 15 is 0 Å². The van der Waals surface area contributed by atoms with Gasteiger partial charge >= 0.3 is 0 Å². The van der Waals surface area contributed by atoms with Gasteiger partial charge < -0.3 is 10.2 Å². The monoisotopic (exact) mass is 306 g/mol. The largest absolute Gasteiger partial charge is 0.392 e. The van der Waals surface area contributed by atoms with Gasteiger partial charge in [-0.05, 0) is 61.7 Å². The van der Waals surface area contributed by atoms with Crippen LogP contribution in [0.4, 0.5) is 0 Å². The molecule has 0 unspecified atom stereocenters. The highest BCUT2D eigenvalue weighted by Crippen LogP contribution is 2.61. The number of aliphatic hydroxyl groups excluding tert-OH is 1. The maximum absolute atomic E-state index is 10.7. The number of fused-ring (bicyclic) bond motifs is 1. The fraction of sp³-hybridized carbons (Fsp3) is 0.800. The molecule has 2 aliphatic carbocycles. The summed E-state index contributed by atoms with van der Waals surface area (Å²) in [7, 11) is 0. The van der Waals surface area contributed by atoms with Crippen molar-refractivity contribution >= 4 is 0 Å². The van der Waals surface area contributed by atoms with Crippen molar-refractivity contribution in [3.8, 4) is 0 Å². The molecule has 0 amide bonds. The molecule has 2 aliphatic rings. The molecule has 0 aliphatic heterocycles. The lowest BCUT2D eigenvalue weighted by atomic mass is 9.46. The van der Waals surface area contributed by atoms with Crippen LogP contribution in [0.1, 0.15) is 66.2 Å². The third kappa shape index (κ3) is 3.05. The highest BCUT2D eigenvalue weighted by Gasteiger charge is 2.56. The Morgan fingerprint density at radius 1 is 1.32 bits per heavy atom. The molecule has 2 saturated carbocycles. The van der Waals surface area contributed by atoms with Gasteiger partial charge in [0.05, 0.1) is 11.7 Å². The molecule has 0 heterocycles. The summed E-state index contributed by atoms with van der Waals surface area (Å²) in [5.41, 5.74) is 0.621. The van der Waals surface area contributed by atoms with Gasteiger partial charge in [-0.25, -0.2) is 0 Å². The van der Waals surface area contributed by atoms with Crippen molar-refractivity contribution in [2.45, 2.75) is 77.9 Å². The van der Waals surface area contributed by atoms with E-state index in [1.165, 1.54) is 18.4 Å².